The predicted molar refractivity (Wildman–Crippen MR) is 86.2 cm³/mol. The number of hydrogen-bond acceptors (Lipinski definition) is 3. The molecule has 114 valence electrons. The summed E-state index contributed by atoms with van der Waals surface area (Å²) in [6.45, 7) is 0. The number of benzene rings is 2. The molecule has 0 atom stereocenters. The first-order valence-corrected chi connectivity index (χ1v) is 7.19. The molecule has 0 spiro atoms. The van der Waals surface area contributed by atoms with E-state index in [1.54, 1.807) is 30.3 Å². The van der Waals surface area contributed by atoms with Crippen molar-refractivity contribution in [1.29, 1.82) is 0 Å². The highest BCUT2D eigenvalue weighted by molar-refractivity contribution is 6.31. The van der Waals surface area contributed by atoms with Gasteiger partial charge >= 0.3 is 5.97 Å². The molecule has 0 aliphatic heterocycles. The van der Waals surface area contributed by atoms with E-state index in [-0.39, 0.29) is 5.91 Å². The maximum Gasteiger partial charge on any atom is 0.337 e. The van der Waals surface area contributed by atoms with Crippen LogP contribution in [0.25, 0.3) is 0 Å². The first kappa shape index (κ1) is 16.0. The summed E-state index contributed by atoms with van der Waals surface area (Å²) in [5.74, 6) is -0.512. The fourth-order valence-corrected chi connectivity index (χ4v) is 2.21. The van der Waals surface area contributed by atoms with E-state index in [2.05, 4.69) is 10.1 Å². The van der Waals surface area contributed by atoms with Crippen molar-refractivity contribution in [3.63, 3.8) is 0 Å². The molecule has 5 heteroatoms. The molecular weight excluding hydrogens is 302 g/mol. The van der Waals surface area contributed by atoms with Gasteiger partial charge in [0.1, 0.15) is 0 Å². The maximum atomic E-state index is 11.9. The van der Waals surface area contributed by atoms with Gasteiger partial charge in [-0.2, -0.15) is 0 Å². The molecule has 1 amide bonds. The minimum atomic E-state index is -0.406. The Balaban J connectivity index is 1.89. The fraction of sp³-hybridized carbons (Fsp3) is 0.176. The zero-order valence-electron chi connectivity index (χ0n) is 12.1. The number of methoxy groups -OCH3 is 1. The average Bonchev–Trinajstić information content (AvgIpc) is 2.54. The highest BCUT2D eigenvalue weighted by atomic mass is 35.5. The van der Waals surface area contributed by atoms with Crippen molar-refractivity contribution in [3.05, 3.63) is 64.7 Å². The topological polar surface area (TPSA) is 55.4 Å². The number of carbonyl (C=O) groups excluding carboxylic acids is 2. The van der Waals surface area contributed by atoms with Crippen molar-refractivity contribution in [3.8, 4) is 0 Å². The highest BCUT2D eigenvalue weighted by Gasteiger charge is 2.07. The van der Waals surface area contributed by atoms with E-state index in [9.17, 15) is 9.59 Å². The number of nitrogens with one attached hydrogen (secondary N) is 1. The lowest BCUT2D eigenvalue weighted by Gasteiger charge is -2.07. The molecule has 2 aromatic carbocycles. The second-order valence-electron chi connectivity index (χ2n) is 4.71. The van der Waals surface area contributed by atoms with E-state index in [0.29, 0.717) is 29.1 Å². The lowest BCUT2D eigenvalue weighted by molar-refractivity contribution is -0.116. The first-order chi connectivity index (χ1) is 10.6. The van der Waals surface area contributed by atoms with Crippen LogP contribution in [0.2, 0.25) is 5.02 Å². The van der Waals surface area contributed by atoms with E-state index in [0.717, 1.165) is 5.56 Å². The Morgan fingerprint density at radius 2 is 1.77 bits per heavy atom. The van der Waals surface area contributed by atoms with Crippen LogP contribution in [0, 0.1) is 0 Å². The van der Waals surface area contributed by atoms with Crippen LogP contribution in [-0.2, 0) is 16.0 Å². The lowest BCUT2D eigenvalue weighted by Crippen LogP contribution is -2.12. The first-order valence-electron chi connectivity index (χ1n) is 6.82. The number of amides is 1. The van der Waals surface area contributed by atoms with Crippen LogP contribution in [0.15, 0.2) is 48.5 Å². The fourth-order valence-electron chi connectivity index (χ4n) is 1.98. The van der Waals surface area contributed by atoms with Gasteiger partial charge in [0, 0.05) is 17.1 Å². The van der Waals surface area contributed by atoms with Crippen LogP contribution < -0.4 is 5.32 Å². The van der Waals surface area contributed by atoms with Crippen molar-refractivity contribution in [2.45, 2.75) is 12.8 Å². The summed E-state index contributed by atoms with van der Waals surface area (Å²) >= 11 is 6.05. The normalized spacial score (nSPS) is 10.1. The van der Waals surface area contributed by atoms with Gasteiger partial charge in [-0.3, -0.25) is 4.79 Å². The van der Waals surface area contributed by atoms with Gasteiger partial charge in [0.25, 0.3) is 0 Å². The van der Waals surface area contributed by atoms with Crippen molar-refractivity contribution in [1.82, 2.24) is 0 Å². The molecule has 0 radical (unpaired) electrons. The number of ether oxygens (including phenoxy) is 1. The summed E-state index contributed by atoms with van der Waals surface area (Å²) in [6.07, 6.45) is 0.911. The largest absolute Gasteiger partial charge is 0.465 e. The zero-order valence-corrected chi connectivity index (χ0v) is 12.9. The molecule has 1 N–H and O–H groups in total. The number of aryl methyl sites for hydroxylation is 1. The molecule has 0 saturated carbocycles. The van der Waals surface area contributed by atoms with Crippen molar-refractivity contribution in [2.75, 3.05) is 12.4 Å². The Morgan fingerprint density at radius 3 is 2.41 bits per heavy atom. The van der Waals surface area contributed by atoms with Crippen LogP contribution in [-0.4, -0.2) is 19.0 Å². The summed E-state index contributed by atoms with van der Waals surface area (Å²) in [5.41, 5.74) is 2.02. The molecule has 0 bridgehead atoms. The van der Waals surface area contributed by atoms with Crippen molar-refractivity contribution >= 4 is 29.2 Å². The van der Waals surface area contributed by atoms with E-state index >= 15 is 0 Å². The smallest absolute Gasteiger partial charge is 0.337 e. The third kappa shape index (κ3) is 4.33. The van der Waals surface area contributed by atoms with Crippen molar-refractivity contribution in [2.24, 2.45) is 0 Å². The molecule has 0 saturated heterocycles. The van der Waals surface area contributed by atoms with E-state index < -0.39 is 5.97 Å². The van der Waals surface area contributed by atoms with Gasteiger partial charge in [-0.05, 0) is 42.3 Å². The summed E-state index contributed by atoms with van der Waals surface area (Å²) in [6, 6.07) is 14.0. The van der Waals surface area contributed by atoms with Crippen LogP contribution in [0.5, 0.6) is 0 Å². The molecule has 0 unspecified atom stereocenters. The molecule has 2 aromatic rings. The van der Waals surface area contributed by atoms with Gasteiger partial charge < -0.3 is 10.1 Å². The SMILES string of the molecule is COC(=O)c1ccc(NC(=O)CCc2ccccc2Cl)cc1. The quantitative estimate of drug-likeness (QED) is 0.855. The van der Waals surface area contributed by atoms with Gasteiger partial charge in [-0.1, -0.05) is 29.8 Å². The molecule has 22 heavy (non-hydrogen) atoms. The summed E-state index contributed by atoms with van der Waals surface area (Å²) in [4.78, 5) is 23.2. The number of hydrogen-bond donors (Lipinski definition) is 1. The second kappa shape index (κ2) is 7.61. The molecule has 0 aromatic heterocycles. The minimum Gasteiger partial charge on any atom is -0.465 e. The van der Waals surface area contributed by atoms with Gasteiger partial charge in [0.15, 0.2) is 0 Å². The molecule has 0 aliphatic carbocycles. The average molecular weight is 318 g/mol. The van der Waals surface area contributed by atoms with E-state index in [1.807, 2.05) is 18.2 Å². The lowest BCUT2D eigenvalue weighted by atomic mass is 10.1. The number of rotatable bonds is 5. The highest BCUT2D eigenvalue weighted by Crippen LogP contribution is 2.17. The Labute approximate surface area is 134 Å². The second-order valence-corrected chi connectivity index (χ2v) is 5.12. The molecule has 0 aliphatic rings. The van der Waals surface area contributed by atoms with Crippen LogP contribution in [0.4, 0.5) is 5.69 Å². The van der Waals surface area contributed by atoms with Crippen molar-refractivity contribution < 1.29 is 14.3 Å². The molecule has 0 heterocycles. The summed E-state index contributed by atoms with van der Waals surface area (Å²) in [5, 5.41) is 3.45. The standard InChI is InChI=1S/C17H16ClNO3/c1-22-17(21)13-6-9-14(10-7-13)19-16(20)11-8-12-4-2-3-5-15(12)18/h2-7,9-10H,8,11H2,1H3,(H,19,20). The number of carbonyl (C=O) groups is 2. The Hall–Kier alpha value is -2.33. The van der Waals surface area contributed by atoms with Gasteiger partial charge in [0.2, 0.25) is 5.91 Å². The minimum absolute atomic E-state index is 0.106. The maximum absolute atomic E-state index is 11.9. The van der Waals surface area contributed by atoms with E-state index in [4.69, 9.17) is 11.6 Å². The molecule has 0 fully saturated rings. The number of anilines is 1. The van der Waals surface area contributed by atoms with Gasteiger partial charge in [-0.15, -0.1) is 0 Å². The number of halogens is 1. The van der Waals surface area contributed by atoms with Crippen LogP contribution in [0.3, 0.4) is 0 Å². The molecular formula is C17H16ClNO3. The third-order valence-corrected chi connectivity index (χ3v) is 3.54. The Morgan fingerprint density at radius 1 is 1.09 bits per heavy atom. The molecule has 2 rings (SSSR count). The van der Waals surface area contributed by atoms with Crippen LogP contribution in [0.1, 0.15) is 22.3 Å². The predicted octanol–water partition coefficient (Wildman–Crippen LogP) is 3.70. The summed E-state index contributed by atoms with van der Waals surface area (Å²) < 4.78 is 4.62. The third-order valence-electron chi connectivity index (χ3n) is 3.17. The van der Waals surface area contributed by atoms with E-state index in [1.165, 1.54) is 7.11 Å². The monoisotopic (exact) mass is 317 g/mol. The Bertz CT molecular complexity index is 668. The van der Waals surface area contributed by atoms with Gasteiger partial charge in [0.05, 0.1) is 12.7 Å². The molecule has 4 nitrogen and oxygen atoms in total. The number of esters is 1. The van der Waals surface area contributed by atoms with Gasteiger partial charge in [-0.25, -0.2) is 4.79 Å². The summed E-state index contributed by atoms with van der Waals surface area (Å²) in [7, 11) is 1.33. The van der Waals surface area contributed by atoms with Crippen LogP contribution >= 0.6 is 11.6 Å². The Kier molecular flexibility index (Phi) is 5.55. The zero-order chi connectivity index (χ0) is 15.9.